The Hall–Kier alpha value is -1.08. The smallest absolute Gasteiger partial charge is 0.0178 e. The summed E-state index contributed by atoms with van der Waals surface area (Å²) in [5, 5.41) is 0. The fourth-order valence-corrected chi connectivity index (χ4v) is 2.19. The summed E-state index contributed by atoms with van der Waals surface area (Å²) in [7, 11) is 0. The average molecular weight is 291 g/mol. The molecule has 0 unspecified atom stereocenters. The predicted octanol–water partition coefficient (Wildman–Crippen LogP) is 5.68. The van der Waals surface area contributed by atoms with Crippen molar-refractivity contribution in [3.8, 4) is 0 Å². The molecule has 0 saturated carbocycles. The van der Waals surface area contributed by atoms with Crippen molar-refractivity contribution in [2.24, 2.45) is 0 Å². The number of rotatable bonds is 4. The highest BCUT2D eigenvalue weighted by Gasteiger charge is 2.07. The molecule has 0 aliphatic rings. The highest BCUT2D eigenvalue weighted by molar-refractivity contribution is 9.10. The Kier molecular flexibility index (Phi) is 5.43. The van der Waals surface area contributed by atoms with Crippen molar-refractivity contribution in [1.82, 2.24) is 0 Å². The molecule has 1 aromatic carbocycles. The van der Waals surface area contributed by atoms with E-state index in [0.717, 1.165) is 10.9 Å². The van der Waals surface area contributed by atoms with Gasteiger partial charge in [0.15, 0.2) is 0 Å². The van der Waals surface area contributed by atoms with Crippen LogP contribution in [-0.2, 0) is 0 Å². The third kappa shape index (κ3) is 3.71. The van der Waals surface area contributed by atoms with E-state index in [-0.39, 0.29) is 0 Å². The van der Waals surface area contributed by atoms with Crippen molar-refractivity contribution in [2.45, 2.75) is 27.2 Å². The lowest BCUT2D eigenvalue weighted by Gasteiger charge is -2.12. The maximum atomic E-state index is 4.15. The van der Waals surface area contributed by atoms with Gasteiger partial charge < -0.3 is 0 Å². The largest absolute Gasteiger partial charge is 0.0952 e. The van der Waals surface area contributed by atoms with Crippen LogP contribution in [0.3, 0.4) is 0 Å². The van der Waals surface area contributed by atoms with Crippen LogP contribution in [0.5, 0.6) is 0 Å². The number of aryl methyl sites for hydroxylation is 1. The van der Waals surface area contributed by atoms with Crippen LogP contribution in [-0.4, -0.2) is 0 Å². The predicted molar refractivity (Wildman–Crippen MR) is 81.1 cm³/mol. The van der Waals surface area contributed by atoms with Gasteiger partial charge in [-0.1, -0.05) is 53.7 Å². The van der Waals surface area contributed by atoms with Crippen molar-refractivity contribution in [1.29, 1.82) is 0 Å². The molecule has 90 valence electrons. The van der Waals surface area contributed by atoms with Gasteiger partial charge in [0.05, 0.1) is 0 Å². The van der Waals surface area contributed by atoms with E-state index in [9.17, 15) is 0 Å². The number of halogens is 1. The Morgan fingerprint density at radius 2 is 2.12 bits per heavy atom. The van der Waals surface area contributed by atoms with Crippen LogP contribution in [0.2, 0.25) is 0 Å². The van der Waals surface area contributed by atoms with Gasteiger partial charge in [-0.2, -0.15) is 0 Å². The average Bonchev–Trinajstić information content (AvgIpc) is 2.31. The van der Waals surface area contributed by atoms with E-state index in [1.165, 1.54) is 22.3 Å². The minimum atomic E-state index is 0.971. The normalized spacial score (nSPS) is 12.1. The van der Waals surface area contributed by atoms with E-state index in [2.05, 4.69) is 66.7 Å². The molecule has 0 amide bonds. The van der Waals surface area contributed by atoms with E-state index < -0.39 is 0 Å². The van der Waals surface area contributed by atoms with Crippen molar-refractivity contribution in [3.63, 3.8) is 0 Å². The van der Waals surface area contributed by atoms with Gasteiger partial charge in [-0.25, -0.2) is 0 Å². The first-order chi connectivity index (χ1) is 8.10. The van der Waals surface area contributed by atoms with E-state index in [4.69, 9.17) is 0 Å². The molecule has 0 fully saturated rings. The van der Waals surface area contributed by atoms with Crippen molar-refractivity contribution < 1.29 is 0 Å². The van der Waals surface area contributed by atoms with Crippen LogP contribution in [0.25, 0.3) is 5.57 Å². The monoisotopic (exact) mass is 290 g/mol. The molecule has 0 bridgehead atoms. The number of benzene rings is 1. The molecule has 0 aliphatic carbocycles. The molecule has 0 radical (unpaired) electrons. The zero-order valence-corrected chi connectivity index (χ0v) is 12.3. The third-order valence-electron chi connectivity index (χ3n) is 2.74. The molecule has 0 nitrogen and oxygen atoms in total. The lowest BCUT2D eigenvalue weighted by molar-refractivity contribution is 1.16. The second kappa shape index (κ2) is 6.61. The molecular formula is C16H19Br. The molecule has 0 atom stereocenters. The molecule has 0 aromatic heterocycles. The van der Waals surface area contributed by atoms with Crippen LogP contribution in [0.1, 0.15) is 31.4 Å². The standard InChI is InChI=1S/C16H19Br/c1-5-7-8-15(12(3)6-2)16-10-9-14(17)11-13(16)4/h5,7-11H,3,6H2,1-2,4H3. The Bertz CT molecular complexity index is 464. The summed E-state index contributed by atoms with van der Waals surface area (Å²) >= 11 is 3.50. The zero-order valence-electron chi connectivity index (χ0n) is 10.8. The lowest BCUT2D eigenvalue weighted by Crippen LogP contribution is -1.91. The minimum Gasteiger partial charge on any atom is -0.0952 e. The minimum absolute atomic E-state index is 0.971. The van der Waals surface area contributed by atoms with Crippen LogP contribution < -0.4 is 0 Å². The van der Waals surface area contributed by atoms with Gasteiger partial charge in [-0.05, 0) is 54.7 Å². The molecule has 17 heavy (non-hydrogen) atoms. The second-order valence-electron chi connectivity index (χ2n) is 4.02. The maximum absolute atomic E-state index is 4.15. The quantitative estimate of drug-likeness (QED) is 0.626. The van der Waals surface area contributed by atoms with E-state index in [1.807, 2.05) is 13.0 Å². The van der Waals surface area contributed by atoms with Gasteiger partial charge >= 0.3 is 0 Å². The van der Waals surface area contributed by atoms with E-state index in [0.29, 0.717) is 0 Å². The molecule has 1 rings (SSSR count). The second-order valence-corrected chi connectivity index (χ2v) is 4.94. The zero-order chi connectivity index (χ0) is 12.8. The fraction of sp³-hybridized carbons (Fsp3) is 0.250. The molecular weight excluding hydrogens is 272 g/mol. The van der Waals surface area contributed by atoms with Crippen LogP contribution in [0.15, 0.2) is 53.1 Å². The summed E-state index contributed by atoms with van der Waals surface area (Å²) < 4.78 is 1.12. The first-order valence-corrected chi connectivity index (χ1v) is 6.67. The molecule has 0 N–H and O–H groups in total. The van der Waals surface area contributed by atoms with Gasteiger partial charge in [0.2, 0.25) is 0 Å². The van der Waals surface area contributed by atoms with Crippen LogP contribution in [0.4, 0.5) is 0 Å². The van der Waals surface area contributed by atoms with E-state index in [1.54, 1.807) is 0 Å². The topological polar surface area (TPSA) is 0 Å². The summed E-state index contributed by atoms with van der Waals surface area (Å²) in [6, 6.07) is 6.37. The highest BCUT2D eigenvalue weighted by atomic mass is 79.9. The molecule has 1 heteroatoms. The van der Waals surface area contributed by atoms with Gasteiger partial charge in [-0.15, -0.1) is 0 Å². The SMILES string of the molecule is C=C(CC)C(=CC=CC)c1ccc(Br)cc1C. The highest BCUT2D eigenvalue weighted by Crippen LogP contribution is 2.28. The van der Waals surface area contributed by atoms with Gasteiger partial charge in [-0.3, -0.25) is 0 Å². The summed E-state index contributed by atoms with van der Waals surface area (Å²) in [6.07, 6.45) is 7.22. The van der Waals surface area contributed by atoms with Crippen LogP contribution in [0, 0.1) is 6.92 Å². The van der Waals surface area contributed by atoms with Gasteiger partial charge in [0, 0.05) is 4.47 Å². The first-order valence-electron chi connectivity index (χ1n) is 5.87. The van der Waals surface area contributed by atoms with Crippen molar-refractivity contribution in [2.75, 3.05) is 0 Å². The molecule has 0 spiro atoms. The molecule has 0 saturated heterocycles. The van der Waals surface area contributed by atoms with Crippen molar-refractivity contribution in [3.05, 3.63) is 64.2 Å². The molecule has 0 heterocycles. The third-order valence-corrected chi connectivity index (χ3v) is 3.23. The summed E-state index contributed by atoms with van der Waals surface area (Å²) in [6.45, 7) is 10.4. The molecule has 1 aromatic rings. The summed E-state index contributed by atoms with van der Waals surface area (Å²) in [5.74, 6) is 0. The number of hydrogen-bond acceptors (Lipinski definition) is 0. The summed E-state index contributed by atoms with van der Waals surface area (Å²) in [5.41, 5.74) is 4.94. The Labute approximate surface area is 113 Å². The Morgan fingerprint density at radius 1 is 1.41 bits per heavy atom. The van der Waals surface area contributed by atoms with Gasteiger partial charge in [0.1, 0.15) is 0 Å². The fourth-order valence-electron chi connectivity index (χ4n) is 1.71. The van der Waals surface area contributed by atoms with E-state index >= 15 is 0 Å². The number of allylic oxidation sites excluding steroid dienone is 5. The molecule has 0 aliphatic heterocycles. The van der Waals surface area contributed by atoms with Gasteiger partial charge in [0.25, 0.3) is 0 Å². The van der Waals surface area contributed by atoms with Crippen molar-refractivity contribution >= 4 is 21.5 Å². The number of hydrogen-bond donors (Lipinski definition) is 0. The Morgan fingerprint density at radius 3 is 2.65 bits per heavy atom. The lowest BCUT2D eigenvalue weighted by atomic mass is 9.93. The Balaban J connectivity index is 3.27. The van der Waals surface area contributed by atoms with Crippen LogP contribution >= 0.6 is 15.9 Å². The maximum Gasteiger partial charge on any atom is 0.0178 e. The first kappa shape index (κ1) is 14.0. The summed E-state index contributed by atoms with van der Waals surface area (Å²) in [4.78, 5) is 0.